The molecule has 0 aliphatic carbocycles. The minimum absolute atomic E-state index is 0.0948. The Hall–Kier alpha value is -0.940. The molecule has 0 atom stereocenters. The lowest BCUT2D eigenvalue weighted by atomic mass is 9.99. The van der Waals surface area contributed by atoms with Gasteiger partial charge in [0, 0.05) is 18.3 Å². The van der Waals surface area contributed by atoms with Crippen LogP contribution in [0.4, 0.5) is 0 Å². The third-order valence-corrected chi connectivity index (χ3v) is 2.54. The summed E-state index contributed by atoms with van der Waals surface area (Å²) in [4.78, 5) is 0. The summed E-state index contributed by atoms with van der Waals surface area (Å²) in [5, 5.41) is 20.2. The van der Waals surface area contributed by atoms with Crippen LogP contribution < -0.4 is 5.32 Å². The van der Waals surface area contributed by atoms with Gasteiger partial charge in [-0.15, -0.1) is 5.10 Å². The van der Waals surface area contributed by atoms with E-state index in [4.69, 9.17) is 5.11 Å². The van der Waals surface area contributed by atoms with Crippen molar-refractivity contribution in [2.75, 3.05) is 6.61 Å². The van der Waals surface area contributed by atoms with Gasteiger partial charge in [0.05, 0.1) is 18.8 Å². The summed E-state index contributed by atoms with van der Waals surface area (Å²) in [6.45, 7) is 7.88. The fourth-order valence-corrected chi connectivity index (χ4v) is 1.67. The van der Waals surface area contributed by atoms with Gasteiger partial charge in [-0.25, -0.2) is 4.68 Å². The van der Waals surface area contributed by atoms with Crippen LogP contribution in [0.25, 0.3) is 0 Å². The van der Waals surface area contributed by atoms with Crippen molar-refractivity contribution in [3.8, 4) is 0 Å². The molecule has 0 aliphatic heterocycles. The van der Waals surface area contributed by atoms with E-state index < -0.39 is 0 Å². The van der Waals surface area contributed by atoms with Crippen LogP contribution in [0, 0.1) is 0 Å². The minimum atomic E-state index is 0.0948. The molecule has 0 radical (unpaired) electrons. The van der Waals surface area contributed by atoms with Crippen molar-refractivity contribution in [1.29, 1.82) is 0 Å². The first kappa shape index (κ1) is 13.1. The monoisotopic (exact) mass is 226 g/mol. The van der Waals surface area contributed by atoms with Crippen molar-refractivity contribution < 1.29 is 5.11 Å². The number of hydrogen-bond donors (Lipinski definition) is 2. The van der Waals surface area contributed by atoms with Crippen LogP contribution in [-0.4, -0.2) is 32.2 Å². The molecular formula is C11H22N4O. The lowest BCUT2D eigenvalue weighted by molar-refractivity contribution is 0.268. The van der Waals surface area contributed by atoms with Crippen LogP contribution in [0.2, 0.25) is 0 Å². The van der Waals surface area contributed by atoms with Crippen molar-refractivity contribution in [3.05, 3.63) is 11.9 Å². The van der Waals surface area contributed by atoms with E-state index in [9.17, 15) is 0 Å². The lowest BCUT2D eigenvalue weighted by Crippen LogP contribution is -2.38. The highest BCUT2D eigenvalue weighted by Gasteiger charge is 2.15. The van der Waals surface area contributed by atoms with Gasteiger partial charge < -0.3 is 10.4 Å². The van der Waals surface area contributed by atoms with E-state index in [2.05, 4.69) is 36.4 Å². The highest BCUT2D eigenvalue weighted by Crippen LogP contribution is 2.11. The van der Waals surface area contributed by atoms with Crippen molar-refractivity contribution in [3.63, 3.8) is 0 Å². The van der Waals surface area contributed by atoms with E-state index >= 15 is 0 Å². The minimum Gasteiger partial charge on any atom is -0.394 e. The smallest absolute Gasteiger partial charge is 0.0965 e. The Labute approximate surface area is 96.9 Å². The maximum atomic E-state index is 8.75. The Morgan fingerprint density at radius 1 is 1.50 bits per heavy atom. The Balaban J connectivity index is 2.41. The number of aliphatic hydroxyl groups excluding tert-OH is 1. The van der Waals surface area contributed by atoms with Gasteiger partial charge in [0.15, 0.2) is 0 Å². The third kappa shape index (κ3) is 4.28. The fraction of sp³-hybridized carbons (Fsp3) is 0.818. The normalized spacial score (nSPS) is 12.0. The summed E-state index contributed by atoms with van der Waals surface area (Å²) in [6, 6.07) is 0. The maximum absolute atomic E-state index is 8.75. The third-order valence-electron chi connectivity index (χ3n) is 2.54. The summed E-state index contributed by atoms with van der Waals surface area (Å²) in [5.74, 6) is 0. The SMILES string of the molecule is CCCC(C)(C)NCc1cn(CCO)nn1. The Morgan fingerprint density at radius 3 is 2.88 bits per heavy atom. The quantitative estimate of drug-likeness (QED) is 0.726. The number of rotatable bonds is 7. The van der Waals surface area contributed by atoms with E-state index in [-0.39, 0.29) is 12.1 Å². The van der Waals surface area contributed by atoms with E-state index in [0.717, 1.165) is 25.1 Å². The predicted octanol–water partition coefficient (Wildman–Crippen LogP) is 0.939. The molecule has 1 aromatic heterocycles. The molecule has 2 N–H and O–H groups in total. The zero-order chi connectivity index (χ0) is 12.0. The first-order chi connectivity index (χ1) is 7.57. The van der Waals surface area contributed by atoms with E-state index in [0.29, 0.717) is 6.54 Å². The zero-order valence-corrected chi connectivity index (χ0v) is 10.4. The molecule has 1 rings (SSSR count). The summed E-state index contributed by atoms with van der Waals surface area (Å²) in [6.07, 6.45) is 4.17. The average Bonchev–Trinajstić information content (AvgIpc) is 2.64. The van der Waals surface area contributed by atoms with Gasteiger partial charge in [-0.05, 0) is 20.3 Å². The summed E-state index contributed by atoms with van der Waals surface area (Å²) >= 11 is 0. The Morgan fingerprint density at radius 2 is 2.25 bits per heavy atom. The molecule has 0 spiro atoms. The largest absolute Gasteiger partial charge is 0.394 e. The highest BCUT2D eigenvalue weighted by atomic mass is 16.3. The van der Waals surface area contributed by atoms with Crippen LogP contribution in [0.5, 0.6) is 0 Å². The van der Waals surface area contributed by atoms with Gasteiger partial charge >= 0.3 is 0 Å². The van der Waals surface area contributed by atoms with Crippen molar-refractivity contribution in [2.45, 2.75) is 52.2 Å². The lowest BCUT2D eigenvalue weighted by Gasteiger charge is -2.25. The molecule has 0 bridgehead atoms. The first-order valence-electron chi connectivity index (χ1n) is 5.82. The molecule has 92 valence electrons. The zero-order valence-electron chi connectivity index (χ0n) is 10.4. The second-order valence-corrected chi connectivity index (χ2v) is 4.68. The molecule has 5 heteroatoms. The molecular weight excluding hydrogens is 204 g/mol. The molecule has 16 heavy (non-hydrogen) atoms. The van der Waals surface area contributed by atoms with Gasteiger partial charge in [0.2, 0.25) is 0 Å². The topological polar surface area (TPSA) is 63.0 Å². The van der Waals surface area contributed by atoms with Gasteiger partial charge in [-0.3, -0.25) is 0 Å². The van der Waals surface area contributed by atoms with Crippen LogP contribution in [0.3, 0.4) is 0 Å². The molecule has 0 unspecified atom stereocenters. The molecule has 1 aromatic rings. The van der Waals surface area contributed by atoms with Gasteiger partial charge in [0.25, 0.3) is 0 Å². The summed E-state index contributed by atoms with van der Waals surface area (Å²) in [5.41, 5.74) is 1.05. The predicted molar refractivity (Wildman–Crippen MR) is 62.9 cm³/mol. The van der Waals surface area contributed by atoms with Crippen molar-refractivity contribution >= 4 is 0 Å². The second kappa shape index (κ2) is 5.96. The van der Waals surface area contributed by atoms with Gasteiger partial charge in [-0.1, -0.05) is 18.6 Å². The van der Waals surface area contributed by atoms with Gasteiger partial charge in [0.1, 0.15) is 0 Å². The van der Waals surface area contributed by atoms with E-state index in [1.54, 1.807) is 4.68 Å². The maximum Gasteiger partial charge on any atom is 0.0965 e. The molecule has 0 saturated carbocycles. The summed E-state index contributed by atoms with van der Waals surface area (Å²) < 4.78 is 1.66. The number of aromatic nitrogens is 3. The van der Waals surface area contributed by atoms with E-state index in [1.807, 2.05) is 6.20 Å². The van der Waals surface area contributed by atoms with E-state index in [1.165, 1.54) is 0 Å². The molecule has 0 saturated heterocycles. The Bertz CT molecular complexity index is 309. The first-order valence-corrected chi connectivity index (χ1v) is 5.82. The average molecular weight is 226 g/mol. The Kier molecular flexibility index (Phi) is 4.89. The van der Waals surface area contributed by atoms with Crippen LogP contribution in [-0.2, 0) is 13.1 Å². The number of nitrogens with one attached hydrogen (secondary N) is 1. The summed E-state index contributed by atoms with van der Waals surface area (Å²) in [7, 11) is 0. The molecule has 0 amide bonds. The number of nitrogens with zero attached hydrogens (tertiary/aromatic N) is 3. The van der Waals surface area contributed by atoms with Crippen LogP contribution in [0.15, 0.2) is 6.20 Å². The van der Waals surface area contributed by atoms with Gasteiger partial charge in [-0.2, -0.15) is 0 Å². The second-order valence-electron chi connectivity index (χ2n) is 4.68. The number of aliphatic hydroxyl groups is 1. The van der Waals surface area contributed by atoms with Crippen molar-refractivity contribution in [1.82, 2.24) is 20.3 Å². The fourth-order valence-electron chi connectivity index (χ4n) is 1.67. The molecule has 5 nitrogen and oxygen atoms in total. The van der Waals surface area contributed by atoms with Crippen LogP contribution in [0.1, 0.15) is 39.3 Å². The molecule has 1 heterocycles. The molecule has 0 fully saturated rings. The highest BCUT2D eigenvalue weighted by molar-refractivity contribution is 4.93. The van der Waals surface area contributed by atoms with Crippen molar-refractivity contribution in [2.24, 2.45) is 0 Å². The molecule has 0 aliphatic rings. The molecule has 0 aromatic carbocycles. The van der Waals surface area contributed by atoms with Crippen LogP contribution >= 0.6 is 0 Å². The number of hydrogen-bond acceptors (Lipinski definition) is 4. The standard InChI is InChI=1S/C11H22N4O/c1-4-5-11(2,3)12-8-10-9-15(6-7-16)14-13-10/h9,12,16H,4-8H2,1-3H3.